The molecule has 6 nitrogen and oxygen atoms in total. The van der Waals surface area contributed by atoms with E-state index >= 15 is 0 Å². The Bertz CT molecular complexity index is 1850. The van der Waals surface area contributed by atoms with Crippen LogP contribution in [0.2, 0.25) is 0 Å². The number of carbonyl (C=O) groups is 1. The molecule has 3 aliphatic rings. The van der Waals surface area contributed by atoms with Crippen molar-refractivity contribution < 1.29 is 9.53 Å². The second-order valence-electron chi connectivity index (χ2n) is 12.2. The van der Waals surface area contributed by atoms with Crippen LogP contribution in [0, 0.1) is 13.8 Å². The highest BCUT2D eigenvalue weighted by atomic mass is 32.1. The summed E-state index contributed by atoms with van der Waals surface area (Å²) in [6, 6.07) is 6.49. The zero-order chi connectivity index (χ0) is 30.1. The Kier molecular flexibility index (Phi) is 7.21. The maximum Gasteiger partial charge on any atom is 0.305 e. The second-order valence-corrected chi connectivity index (χ2v) is 13.1. The predicted molar refractivity (Wildman–Crippen MR) is 177 cm³/mol. The van der Waals surface area contributed by atoms with Crippen molar-refractivity contribution >= 4 is 62.2 Å². The molecule has 0 fully saturated rings. The average Bonchev–Trinajstić information content (AvgIpc) is 3.71. The number of esters is 1. The standard InChI is InChI=1S/C34H38N4O2S2/c1-8-19-16(3)22-13-23-17(4)20(10-11-29(39)40-7)31(37-23)21-12-27(41)30-18(5)24(38-32(21)30)15-28-34(6,9-2)33(42)26(36-28)14-25(19)35-22/h13-15,17,20,35,38H,8-12H2,1-7H3/t17-,20-,34?/m0/s1. The number of hydrogen-bond donors (Lipinski definition) is 2. The summed E-state index contributed by atoms with van der Waals surface area (Å²) in [6.45, 7) is 13.1. The number of ether oxygens (including phenoxy) is 1. The summed E-state index contributed by atoms with van der Waals surface area (Å²) in [5.41, 5.74) is 13.5. The predicted octanol–water partition coefficient (Wildman–Crippen LogP) is 7.69. The SMILES string of the molecule is CCc1c(C)c2cc3nc(c4c5[nH]c(cc6nc(cc1[nH]2)C(=S)C6(C)CC)c(C)c5C(=S)C4)[C@@H](CCC(=O)OC)[C@@H]3C. The lowest BCUT2D eigenvalue weighted by atomic mass is 9.81. The van der Waals surface area contributed by atoms with Crippen LogP contribution < -0.4 is 0 Å². The Morgan fingerprint density at radius 3 is 2.50 bits per heavy atom. The van der Waals surface area contributed by atoms with Crippen molar-refractivity contribution in [1.29, 1.82) is 0 Å². The second kappa shape index (κ2) is 10.5. The van der Waals surface area contributed by atoms with Crippen molar-refractivity contribution in [2.75, 3.05) is 7.11 Å². The molecule has 5 heterocycles. The number of aryl methyl sites for hydroxylation is 3. The van der Waals surface area contributed by atoms with Crippen molar-refractivity contribution in [2.45, 2.75) is 90.9 Å². The molecule has 0 saturated heterocycles. The molecule has 2 aliphatic heterocycles. The van der Waals surface area contributed by atoms with Crippen molar-refractivity contribution in [2.24, 2.45) is 0 Å². The van der Waals surface area contributed by atoms with Crippen LogP contribution in [-0.4, -0.2) is 42.7 Å². The van der Waals surface area contributed by atoms with Crippen LogP contribution in [0.15, 0.2) is 18.2 Å². The van der Waals surface area contributed by atoms with Gasteiger partial charge >= 0.3 is 5.97 Å². The monoisotopic (exact) mass is 598 g/mol. The van der Waals surface area contributed by atoms with Gasteiger partial charge in [-0.25, -0.2) is 0 Å². The zero-order valence-corrected chi connectivity index (χ0v) is 27.1. The number of aromatic nitrogens is 4. The lowest BCUT2D eigenvalue weighted by molar-refractivity contribution is -0.140. The van der Waals surface area contributed by atoms with E-state index < -0.39 is 0 Å². The minimum atomic E-state index is -0.347. The maximum absolute atomic E-state index is 12.2. The Morgan fingerprint density at radius 2 is 1.81 bits per heavy atom. The number of aromatic amines is 2. The molecule has 0 saturated carbocycles. The van der Waals surface area contributed by atoms with Gasteiger partial charge in [-0.15, -0.1) is 0 Å². The van der Waals surface area contributed by atoms with Crippen LogP contribution in [0.25, 0.3) is 22.1 Å². The molecule has 3 aromatic heterocycles. The van der Waals surface area contributed by atoms with Gasteiger partial charge in [-0.1, -0.05) is 45.2 Å². The molecule has 3 aromatic rings. The molecule has 2 N–H and O–H groups in total. The fourth-order valence-corrected chi connectivity index (χ4v) is 7.78. The van der Waals surface area contributed by atoms with Crippen molar-refractivity contribution in [1.82, 2.24) is 19.9 Å². The molecule has 0 spiro atoms. The zero-order valence-electron chi connectivity index (χ0n) is 25.4. The molecule has 8 heteroatoms. The fraction of sp³-hybridized carbons (Fsp3) is 0.441. The minimum Gasteiger partial charge on any atom is -0.469 e. The third-order valence-electron chi connectivity index (χ3n) is 9.98. The van der Waals surface area contributed by atoms with E-state index in [1.807, 2.05) is 0 Å². The number of fused-ring (bicyclic) bond motifs is 8. The lowest BCUT2D eigenvalue weighted by Crippen LogP contribution is -2.26. The third kappa shape index (κ3) is 4.29. The summed E-state index contributed by atoms with van der Waals surface area (Å²) >= 11 is 12.1. The Hall–Kier alpha value is -3.23. The first-order valence-electron chi connectivity index (χ1n) is 14.9. The van der Waals surface area contributed by atoms with E-state index in [1.165, 1.54) is 18.2 Å². The summed E-state index contributed by atoms with van der Waals surface area (Å²) < 4.78 is 5.01. The van der Waals surface area contributed by atoms with Crippen molar-refractivity contribution in [3.8, 4) is 0 Å². The van der Waals surface area contributed by atoms with Crippen LogP contribution in [0.4, 0.5) is 0 Å². The van der Waals surface area contributed by atoms with Crippen LogP contribution in [0.3, 0.4) is 0 Å². The quantitative estimate of drug-likeness (QED) is 0.231. The number of hydrogen-bond acceptors (Lipinski definition) is 6. The Labute approximate surface area is 257 Å². The summed E-state index contributed by atoms with van der Waals surface area (Å²) in [5.74, 6) is 0.00630. The minimum absolute atomic E-state index is 0.0782. The molecule has 218 valence electrons. The van der Waals surface area contributed by atoms with Gasteiger partial charge in [0.15, 0.2) is 0 Å². The maximum atomic E-state index is 12.2. The number of H-pyrrole nitrogens is 2. The summed E-state index contributed by atoms with van der Waals surface area (Å²) in [6.07, 6.45) is 3.42. The van der Waals surface area contributed by atoms with Gasteiger partial charge in [0.25, 0.3) is 0 Å². The van der Waals surface area contributed by atoms with Gasteiger partial charge in [-0.3, -0.25) is 14.8 Å². The lowest BCUT2D eigenvalue weighted by Gasteiger charge is -2.21. The Balaban J connectivity index is 1.74. The van der Waals surface area contributed by atoms with E-state index in [0.717, 1.165) is 84.1 Å². The highest BCUT2D eigenvalue weighted by molar-refractivity contribution is 7.81. The van der Waals surface area contributed by atoms with Crippen LogP contribution in [-0.2, 0) is 27.8 Å². The van der Waals surface area contributed by atoms with Gasteiger partial charge in [0.05, 0.1) is 34.6 Å². The van der Waals surface area contributed by atoms with Gasteiger partial charge in [-0.2, -0.15) is 0 Å². The smallest absolute Gasteiger partial charge is 0.305 e. The largest absolute Gasteiger partial charge is 0.469 e. The van der Waals surface area contributed by atoms with Crippen LogP contribution in [0.5, 0.6) is 0 Å². The molecule has 1 aliphatic carbocycles. The molecular formula is C34H38N4O2S2. The van der Waals surface area contributed by atoms with E-state index in [1.54, 1.807) is 0 Å². The molecule has 3 atom stereocenters. The fourth-order valence-electron chi connectivity index (χ4n) is 7.03. The van der Waals surface area contributed by atoms with E-state index in [0.29, 0.717) is 19.3 Å². The van der Waals surface area contributed by atoms with E-state index in [-0.39, 0.29) is 23.2 Å². The van der Waals surface area contributed by atoms with Crippen molar-refractivity contribution in [3.63, 3.8) is 0 Å². The van der Waals surface area contributed by atoms with Gasteiger partial charge in [-0.05, 0) is 74.9 Å². The number of rotatable bonds is 5. The summed E-state index contributed by atoms with van der Waals surface area (Å²) in [7, 11) is 1.45. The van der Waals surface area contributed by atoms with Crippen LogP contribution >= 0.6 is 24.4 Å². The van der Waals surface area contributed by atoms with Gasteiger partial charge in [0, 0.05) is 68.3 Å². The molecule has 8 bridgehead atoms. The number of nitrogens with one attached hydrogen (secondary N) is 2. The number of carbonyl (C=O) groups excluding carboxylic acids is 1. The van der Waals surface area contributed by atoms with E-state index in [2.05, 4.69) is 69.7 Å². The summed E-state index contributed by atoms with van der Waals surface area (Å²) in [4.78, 5) is 31.9. The highest BCUT2D eigenvalue weighted by Crippen LogP contribution is 2.45. The number of methoxy groups -OCH3 is 1. The normalized spacial score (nSPS) is 21.3. The first-order valence-corrected chi connectivity index (χ1v) is 15.7. The molecule has 0 radical (unpaired) electrons. The first kappa shape index (κ1) is 28.9. The van der Waals surface area contributed by atoms with Gasteiger partial charge in [0.1, 0.15) is 0 Å². The Morgan fingerprint density at radius 1 is 1.07 bits per heavy atom. The van der Waals surface area contributed by atoms with Gasteiger partial charge < -0.3 is 14.7 Å². The number of nitrogens with zero attached hydrogens (tertiary/aromatic N) is 2. The van der Waals surface area contributed by atoms with Crippen molar-refractivity contribution in [3.05, 3.63) is 68.8 Å². The molecular weight excluding hydrogens is 561 g/mol. The topological polar surface area (TPSA) is 83.7 Å². The molecule has 1 unspecified atom stereocenters. The molecule has 42 heavy (non-hydrogen) atoms. The highest BCUT2D eigenvalue weighted by Gasteiger charge is 2.38. The summed E-state index contributed by atoms with van der Waals surface area (Å²) in [5, 5.41) is 0. The molecule has 6 rings (SSSR count). The molecule has 0 aromatic carbocycles. The number of thiocarbonyl (C=S) groups is 2. The van der Waals surface area contributed by atoms with E-state index in [4.69, 9.17) is 39.1 Å². The van der Waals surface area contributed by atoms with E-state index in [9.17, 15) is 4.79 Å². The molecule has 0 amide bonds. The van der Waals surface area contributed by atoms with Crippen LogP contribution in [0.1, 0.15) is 109 Å². The third-order valence-corrected chi connectivity index (χ3v) is 11.0. The first-order chi connectivity index (χ1) is 20.0. The van der Waals surface area contributed by atoms with Gasteiger partial charge in [0.2, 0.25) is 0 Å². The average molecular weight is 599 g/mol.